The molecular weight excluding hydrogens is 286 g/mol. The molecule has 0 bridgehead atoms. The van der Waals surface area contributed by atoms with Crippen molar-refractivity contribution < 1.29 is 9.47 Å². The van der Waals surface area contributed by atoms with Gasteiger partial charge in [-0.2, -0.15) is 0 Å². The van der Waals surface area contributed by atoms with Crippen LogP contribution in [0.15, 0.2) is 42.5 Å². The lowest BCUT2D eigenvalue weighted by Crippen LogP contribution is -2.05. The SMILES string of the molecule is COc1cc(CCN)cc(Cl)c1OCCc1ccccc1. The van der Waals surface area contributed by atoms with E-state index in [2.05, 4.69) is 12.1 Å². The summed E-state index contributed by atoms with van der Waals surface area (Å²) in [5, 5.41) is 0.561. The summed E-state index contributed by atoms with van der Waals surface area (Å²) in [6.45, 7) is 1.13. The standard InChI is InChI=1S/C17H20ClNO2/c1-20-16-12-14(7-9-19)11-15(18)17(16)21-10-8-13-5-3-2-4-6-13/h2-6,11-12H,7-10,19H2,1H3. The Morgan fingerprint density at radius 3 is 2.48 bits per heavy atom. The topological polar surface area (TPSA) is 44.5 Å². The summed E-state index contributed by atoms with van der Waals surface area (Å²) in [6, 6.07) is 14.0. The quantitative estimate of drug-likeness (QED) is 0.852. The molecule has 0 atom stereocenters. The van der Waals surface area contributed by atoms with Crippen LogP contribution in [0.1, 0.15) is 11.1 Å². The van der Waals surface area contributed by atoms with E-state index in [1.807, 2.05) is 30.3 Å². The predicted octanol–water partition coefficient (Wildman–Crippen LogP) is 3.47. The molecule has 0 aliphatic carbocycles. The number of nitrogens with two attached hydrogens (primary N) is 1. The van der Waals surface area contributed by atoms with Crippen LogP contribution in [0.3, 0.4) is 0 Å². The van der Waals surface area contributed by atoms with Gasteiger partial charge in [0.1, 0.15) is 0 Å². The van der Waals surface area contributed by atoms with Crippen LogP contribution in [0.25, 0.3) is 0 Å². The summed E-state index contributed by atoms with van der Waals surface area (Å²) in [5.74, 6) is 1.25. The third kappa shape index (κ3) is 4.38. The van der Waals surface area contributed by atoms with Gasteiger partial charge in [-0.05, 0) is 36.2 Å². The molecule has 0 amide bonds. The Morgan fingerprint density at radius 1 is 1.05 bits per heavy atom. The smallest absolute Gasteiger partial charge is 0.179 e. The van der Waals surface area contributed by atoms with Crippen molar-refractivity contribution >= 4 is 11.6 Å². The highest BCUT2D eigenvalue weighted by molar-refractivity contribution is 6.32. The van der Waals surface area contributed by atoms with Crippen molar-refractivity contribution in [3.05, 3.63) is 58.6 Å². The van der Waals surface area contributed by atoms with Crippen molar-refractivity contribution in [3.8, 4) is 11.5 Å². The maximum atomic E-state index is 6.28. The molecule has 2 rings (SSSR count). The van der Waals surface area contributed by atoms with E-state index >= 15 is 0 Å². The fourth-order valence-corrected chi connectivity index (χ4v) is 2.43. The zero-order valence-corrected chi connectivity index (χ0v) is 12.9. The molecule has 0 spiro atoms. The first kappa shape index (κ1) is 15.7. The molecule has 0 fully saturated rings. The predicted molar refractivity (Wildman–Crippen MR) is 86.4 cm³/mol. The number of rotatable bonds is 7. The molecule has 0 heterocycles. The van der Waals surface area contributed by atoms with Gasteiger partial charge >= 0.3 is 0 Å². The van der Waals surface area contributed by atoms with E-state index in [0.29, 0.717) is 29.7 Å². The van der Waals surface area contributed by atoms with Crippen LogP contribution in [0.2, 0.25) is 5.02 Å². The highest BCUT2D eigenvalue weighted by atomic mass is 35.5. The molecule has 2 aromatic rings. The molecule has 0 aliphatic heterocycles. The maximum Gasteiger partial charge on any atom is 0.179 e. The van der Waals surface area contributed by atoms with Crippen LogP contribution in [0.5, 0.6) is 11.5 Å². The van der Waals surface area contributed by atoms with E-state index in [4.69, 9.17) is 26.8 Å². The van der Waals surface area contributed by atoms with E-state index in [-0.39, 0.29) is 0 Å². The minimum atomic E-state index is 0.552. The van der Waals surface area contributed by atoms with Crippen molar-refractivity contribution in [1.82, 2.24) is 0 Å². The molecule has 4 heteroatoms. The highest BCUT2D eigenvalue weighted by Crippen LogP contribution is 2.36. The van der Waals surface area contributed by atoms with Gasteiger partial charge in [-0.1, -0.05) is 41.9 Å². The van der Waals surface area contributed by atoms with Crippen LogP contribution in [-0.2, 0) is 12.8 Å². The van der Waals surface area contributed by atoms with E-state index < -0.39 is 0 Å². The van der Waals surface area contributed by atoms with Gasteiger partial charge in [-0.25, -0.2) is 0 Å². The fraction of sp³-hybridized carbons (Fsp3) is 0.294. The van der Waals surface area contributed by atoms with Crippen molar-refractivity contribution in [3.63, 3.8) is 0 Å². The van der Waals surface area contributed by atoms with Crippen LogP contribution >= 0.6 is 11.6 Å². The van der Waals surface area contributed by atoms with Gasteiger partial charge in [0.15, 0.2) is 11.5 Å². The largest absolute Gasteiger partial charge is 0.493 e. The first-order chi connectivity index (χ1) is 10.2. The number of hydrogen-bond donors (Lipinski definition) is 1. The molecule has 0 unspecified atom stereocenters. The second-order valence-corrected chi connectivity index (χ2v) is 5.14. The van der Waals surface area contributed by atoms with E-state index in [9.17, 15) is 0 Å². The molecule has 0 radical (unpaired) electrons. The van der Waals surface area contributed by atoms with Crippen LogP contribution in [0.4, 0.5) is 0 Å². The molecule has 0 aromatic heterocycles. The molecular formula is C17H20ClNO2. The average Bonchev–Trinajstić information content (AvgIpc) is 2.50. The molecule has 21 heavy (non-hydrogen) atoms. The van der Waals surface area contributed by atoms with Gasteiger partial charge in [-0.15, -0.1) is 0 Å². The molecule has 112 valence electrons. The number of ether oxygens (including phenoxy) is 2. The summed E-state index contributed by atoms with van der Waals surface area (Å²) in [6.07, 6.45) is 1.59. The minimum absolute atomic E-state index is 0.552. The van der Waals surface area contributed by atoms with Gasteiger partial charge < -0.3 is 15.2 Å². The van der Waals surface area contributed by atoms with Crippen LogP contribution < -0.4 is 15.2 Å². The van der Waals surface area contributed by atoms with Gasteiger partial charge in [0, 0.05) is 6.42 Å². The fourth-order valence-electron chi connectivity index (χ4n) is 2.14. The van der Waals surface area contributed by atoms with Gasteiger partial charge in [0.05, 0.1) is 18.7 Å². The summed E-state index contributed by atoms with van der Waals surface area (Å²) in [7, 11) is 1.61. The molecule has 3 nitrogen and oxygen atoms in total. The van der Waals surface area contributed by atoms with E-state index in [0.717, 1.165) is 18.4 Å². The third-order valence-corrected chi connectivity index (χ3v) is 3.48. The van der Waals surface area contributed by atoms with Crippen molar-refractivity contribution in [2.24, 2.45) is 5.73 Å². The molecule has 2 aromatic carbocycles. The number of benzene rings is 2. The molecule has 0 saturated heterocycles. The van der Waals surface area contributed by atoms with Crippen molar-refractivity contribution in [2.45, 2.75) is 12.8 Å². The summed E-state index contributed by atoms with van der Waals surface area (Å²) in [5.41, 5.74) is 7.85. The zero-order chi connectivity index (χ0) is 15.1. The summed E-state index contributed by atoms with van der Waals surface area (Å²) >= 11 is 6.28. The Labute approximate surface area is 130 Å². The Bertz CT molecular complexity index is 573. The Kier molecular flexibility index (Phi) is 5.90. The van der Waals surface area contributed by atoms with Crippen LogP contribution in [-0.4, -0.2) is 20.3 Å². The minimum Gasteiger partial charge on any atom is -0.493 e. The first-order valence-electron chi connectivity index (χ1n) is 6.97. The molecule has 0 saturated carbocycles. The normalized spacial score (nSPS) is 10.4. The van der Waals surface area contributed by atoms with Crippen LogP contribution in [0, 0.1) is 0 Å². The first-order valence-corrected chi connectivity index (χ1v) is 7.35. The van der Waals surface area contributed by atoms with Crippen molar-refractivity contribution in [2.75, 3.05) is 20.3 Å². The second kappa shape index (κ2) is 7.91. The van der Waals surface area contributed by atoms with E-state index in [1.165, 1.54) is 5.56 Å². The molecule has 0 aliphatic rings. The summed E-state index contributed by atoms with van der Waals surface area (Å²) in [4.78, 5) is 0. The molecule has 2 N–H and O–H groups in total. The number of methoxy groups -OCH3 is 1. The second-order valence-electron chi connectivity index (χ2n) is 4.73. The Morgan fingerprint density at radius 2 is 1.81 bits per heavy atom. The van der Waals surface area contributed by atoms with Gasteiger partial charge in [-0.3, -0.25) is 0 Å². The lowest BCUT2D eigenvalue weighted by molar-refractivity contribution is 0.297. The van der Waals surface area contributed by atoms with E-state index in [1.54, 1.807) is 7.11 Å². The highest BCUT2D eigenvalue weighted by Gasteiger charge is 2.11. The van der Waals surface area contributed by atoms with Crippen molar-refractivity contribution in [1.29, 1.82) is 0 Å². The Balaban J connectivity index is 2.05. The maximum absolute atomic E-state index is 6.28. The monoisotopic (exact) mass is 305 g/mol. The number of halogens is 1. The summed E-state index contributed by atoms with van der Waals surface area (Å²) < 4.78 is 11.2. The number of hydrogen-bond acceptors (Lipinski definition) is 3. The zero-order valence-electron chi connectivity index (χ0n) is 12.1. The average molecular weight is 306 g/mol. The van der Waals surface area contributed by atoms with Gasteiger partial charge in [0.2, 0.25) is 0 Å². The third-order valence-electron chi connectivity index (χ3n) is 3.20. The lowest BCUT2D eigenvalue weighted by atomic mass is 10.1. The Hall–Kier alpha value is -1.71. The van der Waals surface area contributed by atoms with Gasteiger partial charge in [0.25, 0.3) is 0 Å². The lowest BCUT2D eigenvalue weighted by Gasteiger charge is -2.14.